The van der Waals surface area contributed by atoms with Crippen LogP contribution in [0.3, 0.4) is 0 Å². The number of nitrogens with zero attached hydrogens (tertiary/aromatic N) is 4. The van der Waals surface area contributed by atoms with Gasteiger partial charge in [-0.15, -0.1) is 0 Å². The average molecular weight is 418 g/mol. The molecule has 158 valence electrons. The first kappa shape index (κ1) is 20.2. The Morgan fingerprint density at radius 3 is 2.70 bits per heavy atom. The summed E-state index contributed by atoms with van der Waals surface area (Å²) < 4.78 is 40.8. The van der Waals surface area contributed by atoms with Crippen molar-refractivity contribution in [3.05, 3.63) is 41.6 Å². The van der Waals surface area contributed by atoms with Crippen molar-refractivity contribution < 1.29 is 23.1 Å². The van der Waals surface area contributed by atoms with Gasteiger partial charge in [0.25, 0.3) is 0 Å². The number of rotatable bonds is 3. The number of carbonyl (C=O) groups is 1. The first-order chi connectivity index (χ1) is 14.2. The summed E-state index contributed by atoms with van der Waals surface area (Å²) in [5.41, 5.74) is 0.411. The van der Waals surface area contributed by atoms with Crippen LogP contribution in [0.4, 0.5) is 13.2 Å². The monoisotopic (exact) mass is 418 g/mol. The molecule has 0 saturated carbocycles. The minimum atomic E-state index is -4.54. The third kappa shape index (κ3) is 3.59. The molecule has 1 unspecified atom stereocenters. The number of hydrogen-bond donors (Lipinski definition) is 1. The normalized spacial score (nSPS) is 17.7. The molecule has 6 nitrogen and oxygen atoms in total. The molecule has 1 atom stereocenters. The van der Waals surface area contributed by atoms with Gasteiger partial charge < -0.3 is 10.0 Å². The largest absolute Gasteiger partial charge is 0.507 e. The molecule has 9 heteroatoms. The number of phenolic OH excluding ortho intramolecular Hbond substituents is 1. The topological polar surface area (TPSA) is 71.2 Å². The van der Waals surface area contributed by atoms with E-state index in [0.29, 0.717) is 43.3 Å². The highest BCUT2D eigenvalue weighted by Gasteiger charge is 2.32. The van der Waals surface area contributed by atoms with Crippen LogP contribution in [0, 0.1) is 6.92 Å². The van der Waals surface area contributed by atoms with E-state index in [4.69, 9.17) is 0 Å². The van der Waals surface area contributed by atoms with E-state index in [1.54, 1.807) is 21.7 Å². The highest BCUT2D eigenvalue weighted by atomic mass is 19.4. The van der Waals surface area contributed by atoms with Gasteiger partial charge >= 0.3 is 6.18 Å². The van der Waals surface area contributed by atoms with Crippen LogP contribution in [0.15, 0.2) is 30.5 Å². The van der Waals surface area contributed by atoms with Crippen molar-refractivity contribution in [2.75, 3.05) is 13.1 Å². The summed E-state index contributed by atoms with van der Waals surface area (Å²) >= 11 is 0. The van der Waals surface area contributed by atoms with Gasteiger partial charge in [-0.1, -0.05) is 0 Å². The van der Waals surface area contributed by atoms with Crippen LogP contribution < -0.4 is 0 Å². The number of hydrogen-bond acceptors (Lipinski definition) is 4. The van der Waals surface area contributed by atoms with E-state index >= 15 is 0 Å². The maximum atomic E-state index is 13.0. The van der Waals surface area contributed by atoms with Gasteiger partial charge in [-0.2, -0.15) is 18.3 Å². The van der Waals surface area contributed by atoms with E-state index in [1.165, 1.54) is 6.92 Å². The Labute approximate surface area is 170 Å². The van der Waals surface area contributed by atoms with Gasteiger partial charge in [0.1, 0.15) is 5.75 Å². The molecule has 1 fully saturated rings. The lowest BCUT2D eigenvalue weighted by Gasteiger charge is -2.31. The van der Waals surface area contributed by atoms with E-state index < -0.39 is 17.5 Å². The highest BCUT2D eigenvalue weighted by Crippen LogP contribution is 2.38. The molecule has 1 aliphatic heterocycles. The molecule has 30 heavy (non-hydrogen) atoms. The Hall–Kier alpha value is -3.10. The molecule has 4 rings (SSSR count). The number of likely N-dealkylation sites (tertiary alicyclic amines) is 1. The van der Waals surface area contributed by atoms with Gasteiger partial charge in [0.2, 0.25) is 5.91 Å². The first-order valence-electron chi connectivity index (χ1n) is 9.72. The number of aromatic hydroxyl groups is 1. The number of pyridine rings is 1. The van der Waals surface area contributed by atoms with E-state index in [0.717, 1.165) is 11.5 Å². The molecule has 0 aliphatic carbocycles. The summed E-state index contributed by atoms with van der Waals surface area (Å²) in [5.74, 6) is -0.336. The van der Waals surface area contributed by atoms with Crippen LogP contribution in [0.5, 0.6) is 5.75 Å². The number of phenols is 1. The number of carbonyl (C=O) groups excluding carboxylic acids is 1. The minimum Gasteiger partial charge on any atom is -0.507 e. The van der Waals surface area contributed by atoms with Crippen LogP contribution >= 0.6 is 0 Å². The van der Waals surface area contributed by atoms with Crippen molar-refractivity contribution in [2.45, 2.75) is 38.9 Å². The van der Waals surface area contributed by atoms with Gasteiger partial charge in [-0.25, -0.2) is 4.98 Å². The summed E-state index contributed by atoms with van der Waals surface area (Å²) in [7, 11) is 0. The third-order valence-corrected chi connectivity index (χ3v) is 5.52. The number of piperidine rings is 1. The Morgan fingerprint density at radius 2 is 2.03 bits per heavy atom. The summed E-state index contributed by atoms with van der Waals surface area (Å²) in [6.07, 6.45) is -1.52. The summed E-state index contributed by atoms with van der Waals surface area (Å²) in [6.45, 7) is 4.67. The number of halogens is 3. The maximum Gasteiger partial charge on any atom is 0.416 e. The van der Waals surface area contributed by atoms with Gasteiger partial charge in [0.15, 0.2) is 5.65 Å². The van der Waals surface area contributed by atoms with Gasteiger partial charge in [0, 0.05) is 36.7 Å². The number of aromatic nitrogens is 3. The molecule has 1 aliphatic rings. The zero-order valence-corrected chi connectivity index (χ0v) is 16.6. The first-order valence-corrected chi connectivity index (χ1v) is 9.72. The number of likely N-dealkylation sites (N-methyl/N-ethyl adjacent to an activating group) is 1. The second-order valence-corrected chi connectivity index (χ2v) is 7.53. The lowest BCUT2D eigenvalue weighted by Crippen LogP contribution is -2.40. The molecule has 0 spiro atoms. The average Bonchev–Trinajstić information content (AvgIpc) is 3.10. The van der Waals surface area contributed by atoms with Gasteiger partial charge in [-0.05, 0) is 50.1 Å². The van der Waals surface area contributed by atoms with Crippen molar-refractivity contribution >= 4 is 16.9 Å². The molecular formula is C21H21F3N4O2. The van der Waals surface area contributed by atoms with Crippen molar-refractivity contribution in [2.24, 2.45) is 0 Å². The zero-order chi connectivity index (χ0) is 21.6. The lowest BCUT2D eigenvalue weighted by atomic mass is 10.00. The second kappa shape index (κ2) is 7.30. The van der Waals surface area contributed by atoms with Crippen molar-refractivity contribution in [3.8, 4) is 17.0 Å². The van der Waals surface area contributed by atoms with Crippen LogP contribution in [0.1, 0.15) is 36.9 Å². The molecule has 1 N–H and O–H groups in total. The molecule has 0 radical (unpaired) electrons. The molecule has 1 amide bonds. The number of aryl methyl sites for hydroxylation is 1. The van der Waals surface area contributed by atoms with Crippen molar-refractivity contribution in [1.29, 1.82) is 0 Å². The van der Waals surface area contributed by atoms with E-state index in [9.17, 15) is 23.1 Å². The predicted molar refractivity (Wildman–Crippen MR) is 105 cm³/mol. The number of alkyl halides is 3. The molecule has 2 aromatic heterocycles. The predicted octanol–water partition coefficient (Wildman–Crippen LogP) is 4.31. The van der Waals surface area contributed by atoms with Crippen molar-refractivity contribution in [3.63, 3.8) is 0 Å². The van der Waals surface area contributed by atoms with E-state index in [-0.39, 0.29) is 23.1 Å². The number of amides is 1. The SMILES string of the molecule is CCN1CC(n2cc3ccc(-c4c(C)cc(C(F)(F)F)cc4O)nc3n2)CCC1=O. The van der Waals surface area contributed by atoms with Crippen LogP contribution in [-0.4, -0.2) is 43.8 Å². The highest BCUT2D eigenvalue weighted by molar-refractivity contribution is 5.81. The fourth-order valence-corrected chi connectivity index (χ4v) is 3.93. The second-order valence-electron chi connectivity index (χ2n) is 7.53. The molecular weight excluding hydrogens is 397 g/mol. The molecule has 0 bridgehead atoms. The minimum absolute atomic E-state index is 0.0431. The van der Waals surface area contributed by atoms with Crippen molar-refractivity contribution in [1.82, 2.24) is 19.7 Å². The Kier molecular flexibility index (Phi) is 4.91. The van der Waals surface area contributed by atoms with Gasteiger partial charge in [0.05, 0.1) is 17.3 Å². The fraction of sp³-hybridized carbons (Fsp3) is 0.381. The maximum absolute atomic E-state index is 13.0. The van der Waals surface area contributed by atoms with Crippen LogP contribution in [0.2, 0.25) is 0 Å². The zero-order valence-electron chi connectivity index (χ0n) is 16.6. The molecule has 1 saturated heterocycles. The summed E-state index contributed by atoms with van der Waals surface area (Å²) in [4.78, 5) is 18.2. The molecule has 1 aromatic carbocycles. The standard InChI is InChI=1S/C21H21F3N4O2/c1-3-27-11-15(5-7-18(27)30)28-10-13-4-6-16(25-20(13)26-28)19-12(2)8-14(9-17(19)29)21(22,23)24/h4,6,8-10,15,29H,3,5,7,11H2,1-2H3. The summed E-state index contributed by atoms with van der Waals surface area (Å²) in [5, 5.41) is 15.6. The molecule has 3 aromatic rings. The Balaban J connectivity index is 1.69. The Morgan fingerprint density at radius 1 is 1.27 bits per heavy atom. The lowest BCUT2D eigenvalue weighted by molar-refractivity contribution is -0.137. The van der Waals surface area contributed by atoms with Crippen LogP contribution in [-0.2, 0) is 11.0 Å². The third-order valence-electron chi connectivity index (χ3n) is 5.52. The van der Waals surface area contributed by atoms with E-state index in [1.807, 2.05) is 13.1 Å². The fourth-order valence-electron chi connectivity index (χ4n) is 3.93. The van der Waals surface area contributed by atoms with Gasteiger partial charge in [-0.3, -0.25) is 9.48 Å². The smallest absolute Gasteiger partial charge is 0.416 e. The Bertz CT molecular complexity index is 1100. The number of fused-ring (bicyclic) bond motifs is 1. The van der Waals surface area contributed by atoms with E-state index in [2.05, 4.69) is 10.1 Å². The molecule has 3 heterocycles. The van der Waals surface area contributed by atoms with Crippen LogP contribution in [0.25, 0.3) is 22.3 Å². The quantitative estimate of drug-likeness (QED) is 0.688. The number of benzene rings is 1. The summed E-state index contributed by atoms with van der Waals surface area (Å²) in [6, 6.07) is 5.19.